The fraction of sp³-hybridized carbons (Fsp3) is 0.257. The Hall–Kier alpha value is -4.60. The first-order chi connectivity index (χ1) is 22.0. The van der Waals surface area contributed by atoms with Crippen LogP contribution in [0.5, 0.6) is 5.75 Å². The maximum atomic E-state index is 13.0. The van der Waals surface area contributed by atoms with Gasteiger partial charge in [0.25, 0.3) is 0 Å². The van der Waals surface area contributed by atoms with Gasteiger partial charge in [-0.2, -0.15) is 0 Å². The number of likely N-dealkylation sites (N-methyl/N-ethyl adjacent to an activating group) is 1. The van der Waals surface area contributed by atoms with E-state index < -0.39 is 5.91 Å². The van der Waals surface area contributed by atoms with Crippen molar-refractivity contribution in [2.75, 3.05) is 48.9 Å². The van der Waals surface area contributed by atoms with Crippen molar-refractivity contribution in [3.05, 3.63) is 93.6 Å². The minimum absolute atomic E-state index is 0.0520. The molecule has 0 aliphatic carbocycles. The number of benzene rings is 3. The summed E-state index contributed by atoms with van der Waals surface area (Å²) in [6, 6.07) is 18.5. The summed E-state index contributed by atoms with van der Waals surface area (Å²) in [6.07, 6.45) is 4.43. The van der Waals surface area contributed by atoms with Gasteiger partial charge in [0.05, 0.1) is 17.3 Å². The molecule has 4 aromatic rings. The largest absolute Gasteiger partial charge is 0.487 e. The van der Waals surface area contributed by atoms with Crippen LogP contribution in [0, 0.1) is 6.92 Å². The summed E-state index contributed by atoms with van der Waals surface area (Å²) in [5.74, 6) is -0.0932. The quantitative estimate of drug-likeness (QED) is 0.198. The lowest BCUT2D eigenvalue weighted by atomic mass is 10.1. The molecule has 0 saturated carbocycles. The highest BCUT2D eigenvalue weighted by molar-refractivity contribution is 6.38. The molecule has 9 nitrogen and oxygen atoms in total. The van der Waals surface area contributed by atoms with E-state index in [0.29, 0.717) is 28.4 Å². The molecule has 0 spiro atoms. The number of aromatic nitrogens is 1. The van der Waals surface area contributed by atoms with Crippen molar-refractivity contribution >= 4 is 75.0 Å². The molecule has 1 aliphatic heterocycles. The van der Waals surface area contributed by atoms with Gasteiger partial charge in [0.1, 0.15) is 17.9 Å². The van der Waals surface area contributed by atoms with Crippen molar-refractivity contribution in [2.24, 2.45) is 0 Å². The lowest BCUT2D eigenvalue weighted by Gasteiger charge is -2.21. The molecule has 0 radical (unpaired) electrons. The van der Waals surface area contributed by atoms with Gasteiger partial charge in [-0.3, -0.25) is 14.4 Å². The Balaban J connectivity index is 1.21. The highest BCUT2D eigenvalue weighted by Crippen LogP contribution is 2.36. The van der Waals surface area contributed by atoms with Crippen LogP contribution in [0.15, 0.2) is 66.7 Å². The predicted molar refractivity (Wildman–Crippen MR) is 185 cm³/mol. The third kappa shape index (κ3) is 7.27. The summed E-state index contributed by atoms with van der Waals surface area (Å²) in [6.45, 7) is 2.46. The van der Waals surface area contributed by atoms with Crippen LogP contribution >= 0.6 is 23.2 Å². The number of nitrogens with zero attached hydrogens (tertiary/aromatic N) is 4. The highest BCUT2D eigenvalue weighted by atomic mass is 35.5. The van der Waals surface area contributed by atoms with E-state index in [2.05, 4.69) is 5.32 Å². The molecule has 0 unspecified atom stereocenters. The molecule has 5 rings (SSSR count). The number of para-hydroxylation sites is 1. The average Bonchev–Trinajstić information content (AvgIpc) is 3.47. The van der Waals surface area contributed by atoms with E-state index >= 15 is 0 Å². The van der Waals surface area contributed by atoms with E-state index in [1.54, 1.807) is 30.2 Å². The van der Waals surface area contributed by atoms with Gasteiger partial charge in [0.15, 0.2) is 0 Å². The van der Waals surface area contributed by atoms with Crippen molar-refractivity contribution in [1.29, 1.82) is 0 Å². The second-order valence-electron chi connectivity index (χ2n) is 11.2. The van der Waals surface area contributed by atoms with Gasteiger partial charge in [-0.05, 0) is 61.4 Å². The number of anilines is 3. The van der Waals surface area contributed by atoms with Crippen molar-refractivity contribution in [1.82, 2.24) is 10.3 Å². The van der Waals surface area contributed by atoms with Crippen LogP contribution in [0.25, 0.3) is 17.0 Å². The lowest BCUT2D eigenvalue weighted by molar-refractivity contribution is -0.122. The van der Waals surface area contributed by atoms with Crippen LogP contribution in [0.4, 0.5) is 17.1 Å². The van der Waals surface area contributed by atoms with Crippen LogP contribution in [-0.2, 0) is 21.0 Å². The maximum absolute atomic E-state index is 13.0. The van der Waals surface area contributed by atoms with Crippen molar-refractivity contribution in [2.45, 2.75) is 26.4 Å². The molecule has 3 amide bonds. The molecule has 238 valence electrons. The van der Waals surface area contributed by atoms with Crippen molar-refractivity contribution in [3.8, 4) is 5.75 Å². The summed E-state index contributed by atoms with van der Waals surface area (Å²) in [7, 11) is 5.54. The smallest absolute Gasteiger partial charge is 0.246 e. The van der Waals surface area contributed by atoms with E-state index in [9.17, 15) is 14.4 Å². The SMILES string of the molecule is Cc1cc(N(C)C)c2cccc(OCc3c(Cl)ccc(N(C)C(=O)CNC(=O)/C=C/c4ccc(N5CCCC5=O)cc4)c3Cl)c2n1. The van der Waals surface area contributed by atoms with E-state index in [-0.39, 0.29) is 30.0 Å². The normalized spacial score (nSPS) is 13.0. The summed E-state index contributed by atoms with van der Waals surface area (Å²) in [5.41, 5.74) is 5.19. The van der Waals surface area contributed by atoms with Crippen molar-refractivity contribution in [3.63, 3.8) is 0 Å². The number of carbonyl (C=O) groups excluding carboxylic acids is 3. The first-order valence-electron chi connectivity index (χ1n) is 14.8. The number of fused-ring (bicyclic) bond motifs is 1. The van der Waals surface area contributed by atoms with Crippen LogP contribution in [-0.4, -0.2) is 56.9 Å². The highest BCUT2D eigenvalue weighted by Gasteiger charge is 2.22. The number of pyridine rings is 1. The number of hydrogen-bond acceptors (Lipinski definition) is 6. The van der Waals surface area contributed by atoms with E-state index in [1.165, 1.54) is 11.0 Å². The van der Waals surface area contributed by atoms with Gasteiger partial charge < -0.3 is 24.8 Å². The maximum Gasteiger partial charge on any atom is 0.246 e. The monoisotopic (exact) mass is 659 g/mol. The molecule has 1 fully saturated rings. The number of rotatable bonds is 10. The molecule has 46 heavy (non-hydrogen) atoms. The molecule has 0 atom stereocenters. The fourth-order valence-electron chi connectivity index (χ4n) is 5.27. The predicted octanol–water partition coefficient (Wildman–Crippen LogP) is 6.41. The molecule has 1 aromatic heterocycles. The minimum atomic E-state index is -0.423. The van der Waals surface area contributed by atoms with E-state index in [0.717, 1.165) is 46.5 Å². The molecular weight excluding hydrogens is 625 g/mol. The molecule has 1 saturated heterocycles. The Kier molecular flexibility index (Phi) is 10.1. The summed E-state index contributed by atoms with van der Waals surface area (Å²) >= 11 is 13.3. The fourth-order valence-corrected chi connectivity index (χ4v) is 5.88. The van der Waals surface area contributed by atoms with E-state index in [1.807, 2.05) is 74.4 Å². The van der Waals surface area contributed by atoms with Crippen LogP contribution < -0.4 is 24.8 Å². The van der Waals surface area contributed by atoms with Gasteiger partial charge >= 0.3 is 0 Å². The number of aryl methyl sites for hydroxylation is 1. The molecule has 0 bridgehead atoms. The molecular formula is C35H35Cl2N5O4. The molecule has 1 aliphatic rings. The summed E-state index contributed by atoms with van der Waals surface area (Å²) in [5, 5.41) is 4.24. The Morgan fingerprint density at radius 1 is 1.04 bits per heavy atom. The Labute approximate surface area is 278 Å². The Morgan fingerprint density at radius 3 is 2.50 bits per heavy atom. The Morgan fingerprint density at radius 2 is 1.80 bits per heavy atom. The van der Waals surface area contributed by atoms with Gasteiger partial charge in [-0.15, -0.1) is 0 Å². The zero-order chi connectivity index (χ0) is 33.0. The first-order valence-corrected chi connectivity index (χ1v) is 15.6. The molecule has 1 N–H and O–H groups in total. The standard InChI is InChI=1S/C35H35Cl2N5O4/c1-22-19-29(40(2)3)25-7-5-8-30(35(25)39-22)46-21-26-27(36)15-16-28(34(26)37)41(4)33(45)20-38-31(43)17-12-23-10-13-24(14-11-23)42-18-6-9-32(42)44/h5,7-8,10-17,19H,6,9,18,20-21H2,1-4H3,(H,38,43)/b17-12+. The zero-order valence-corrected chi connectivity index (χ0v) is 27.7. The summed E-state index contributed by atoms with van der Waals surface area (Å²) < 4.78 is 6.20. The van der Waals surface area contributed by atoms with Crippen LogP contribution in [0.3, 0.4) is 0 Å². The second kappa shape index (κ2) is 14.2. The van der Waals surface area contributed by atoms with Gasteiger partial charge in [-0.1, -0.05) is 47.5 Å². The number of halogens is 2. The number of hydrogen-bond donors (Lipinski definition) is 1. The third-order valence-electron chi connectivity index (χ3n) is 7.78. The first kappa shape index (κ1) is 32.8. The molecule has 2 heterocycles. The topological polar surface area (TPSA) is 95.1 Å². The number of carbonyl (C=O) groups is 3. The van der Waals surface area contributed by atoms with Gasteiger partial charge in [0, 0.05) is 73.2 Å². The van der Waals surface area contributed by atoms with Crippen LogP contribution in [0.2, 0.25) is 10.0 Å². The molecule has 3 aromatic carbocycles. The lowest BCUT2D eigenvalue weighted by Crippen LogP contribution is -2.37. The molecule has 11 heteroatoms. The van der Waals surface area contributed by atoms with Gasteiger partial charge in [0.2, 0.25) is 17.7 Å². The number of nitrogens with one attached hydrogen (secondary N) is 1. The Bertz CT molecular complexity index is 1820. The zero-order valence-electron chi connectivity index (χ0n) is 26.1. The summed E-state index contributed by atoms with van der Waals surface area (Å²) in [4.78, 5) is 47.3. The average molecular weight is 661 g/mol. The van der Waals surface area contributed by atoms with Crippen molar-refractivity contribution < 1.29 is 19.1 Å². The number of amides is 3. The third-order valence-corrected chi connectivity index (χ3v) is 8.56. The van der Waals surface area contributed by atoms with E-state index in [4.69, 9.17) is 32.9 Å². The second-order valence-corrected chi connectivity index (χ2v) is 12.0. The minimum Gasteiger partial charge on any atom is -0.487 e. The van der Waals surface area contributed by atoms with Crippen LogP contribution in [0.1, 0.15) is 29.7 Å². The van der Waals surface area contributed by atoms with Gasteiger partial charge in [-0.25, -0.2) is 4.98 Å². The number of ether oxygens (including phenoxy) is 1.